The third-order valence-electron chi connectivity index (χ3n) is 4.74. The fourth-order valence-corrected chi connectivity index (χ4v) is 3.51. The lowest BCUT2D eigenvalue weighted by atomic mass is 9.98. The summed E-state index contributed by atoms with van der Waals surface area (Å²) in [6.07, 6.45) is -0.755. The van der Waals surface area contributed by atoms with Gasteiger partial charge in [0.15, 0.2) is 0 Å². The van der Waals surface area contributed by atoms with Gasteiger partial charge in [0.2, 0.25) is 0 Å². The van der Waals surface area contributed by atoms with Crippen LogP contribution in [0.4, 0.5) is 9.59 Å². The molecule has 8 heteroatoms. The van der Waals surface area contributed by atoms with Crippen LogP contribution < -0.4 is 5.32 Å². The SMILES string of the molecule is COC(=O)[C@H](CCOC(=O)Cl)NC(=O)OCC1c2ccccc2-c2ccccc21. The van der Waals surface area contributed by atoms with E-state index in [1.807, 2.05) is 48.5 Å². The molecule has 0 aliphatic heterocycles. The van der Waals surface area contributed by atoms with E-state index in [0.717, 1.165) is 22.3 Å². The summed E-state index contributed by atoms with van der Waals surface area (Å²) in [5, 5.41) is 2.44. The number of amides is 1. The van der Waals surface area contributed by atoms with Crippen molar-refractivity contribution >= 4 is 29.1 Å². The van der Waals surface area contributed by atoms with E-state index >= 15 is 0 Å². The number of halogens is 1. The average molecular weight is 418 g/mol. The number of ether oxygens (including phenoxy) is 3. The van der Waals surface area contributed by atoms with Gasteiger partial charge < -0.3 is 19.5 Å². The van der Waals surface area contributed by atoms with E-state index in [0.29, 0.717) is 0 Å². The molecule has 152 valence electrons. The first-order valence-corrected chi connectivity index (χ1v) is 9.40. The quantitative estimate of drug-likeness (QED) is 0.418. The second-order valence-corrected chi connectivity index (χ2v) is 6.73. The number of alkyl carbamates (subject to hydrolysis) is 1. The van der Waals surface area contributed by atoms with Crippen LogP contribution in [0.3, 0.4) is 0 Å². The largest absolute Gasteiger partial charge is 0.467 e. The minimum absolute atomic E-state index is 0.00925. The van der Waals surface area contributed by atoms with Crippen LogP contribution in [-0.2, 0) is 19.0 Å². The Hall–Kier alpha value is -3.06. The lowest BCUT2D eigenvalue weighted by Crippen LogP contribution is -2.42. The Morgan fingerprint density at radius 3 is 2.14 bits per heavy atom. The molecule has 0 spiro atoms. The Balaban J connectivity index is 1.64. The van der Waals surface area contributed by atoms with Crippen molar-refractivity contribution in [2.45, 2.75) is 18.4 Å². The number of hydrogen-bond donors (Lipinski definition) is 1. The molecule has 2 aromatic carbocycles. The van der Waals surface area contributed by atoms with Crippen LogP contribution in [0.2, 0.25) is 0 Å². The van der Waals surface area contributed by atoms with Crippen LogP contribution in [-0.4, -0.2) is 43.9 Å². The van der Waals surface area contributed by atoms with E-state index in [1.165, 1.54) is 7.11 Å². The molecule has 2 aromatic rings. The van der Waals surface area contributed by atoms with Gasteiger partial charge in [0.1, 0.15) is 12.6 Å². The normalized spacial score (nSPS) is 13.0. The van der Waals surface area contributed by atoms with Crippen LogP contribution >= 0.6 is 11.6 Å². The molecular weight excluding hydrogens is 398 g/mol. The maximum atomic E-state index is 12.3. The molecule has 7 nitrogen and oxygen atoms in total. The summed E-state index contributed by atoms with van der Waals surface area (Å²) in [5.74, 6) is -0.772. The number of carbonyl (C=O) groups is 3. The molecule has 1 amide bonds. The highest BCUT2D eigenvalue weighted by molar-refractivity contribution is 6.61. The van der Waals surface area contributed by atoms with E-state index in [2.05, 4.69) is 14.8 Å². The topological polar surface area (TPSA) is 90.9 Å². The van der Waals surface area contributed by atoms with E-state index in [9.17, 15) is 14.4 Å². The van der Waals surface area contributed by atoms with Crippen LogP contribution in [0.25, 0.3) is 11.1 Å². The molecule has 1 aliphatic carbocycles. The molecule has 0 radical (unpaired) electrons. The molecule has 0 saturated carbocycles. The number of benzene rings is 2. The van der Waals surface area contributed by atoms with Crippen molar-refractivity contribution in [1.29, 1.82) is 0 Å². The van der Waals surface area contributed by atoms with E-state index in [-0.39, 0.29) is 25.6 Å². The Morgan fingerprint density at radius 2 is 1.59 bits per heavy atom. The van der Waals surface area contributed by atoms with Gasteiger partial charge in [0.25, 0.3) is 0 Å². The fourth-order valence-electron chi connectivity index (χ4n) is 3.43. The maximum Gasteiger partial charge on any atom is 0.407 e. The van der Waals surface area contributed by atoms with Gasteiger partial charge in [-0.3, -0.25) is 0 Å². The Morgan fingerprint density at radius 1 is 1.00 bits per heavy atom. The lowest BCUT2D eigenvalue weighted by molar-refractivity contribution is -0.143. The Bertz CT molecular complexity index is 870. The highest BCUT2D eigenvalue weighted by Gasteiger charge is 2.30. The van der Waals surface area contributed by atoms with E-state index < -0.39 is 23.5 Å². The van der Waals surface area contributed by atoms with Gasteiger partial charge in [-0.1, -0.05) is 48.5 Å². The van der Waals surface area contributed by atoms with Crippen molar-refractivity contribution < 1.29 is 28.6 Å². The number of methoxy groups -OCH3 is 1. The zero-order valence-corrected chi connectivity index (χ0v) is 16.5. The fraction of sp³-hybridized carbons (Fsp3) is 0.286. The third-order valence-corrected chi connectivity index (χ3v) is 4.85. The molecule has 0 fully saturated rings. The Kier molecular flexibility index (Phi) is 6.72. The predicted molar refractivity (Wildman–Crippen MR) is 106 cm³/mol. The molecule has 0 unspecified atom stereocenters. The summed E-state index contributed by atoms with van der Waals surface area (Å²) in [6.45, 7) is -0.0316. The first kappa shape index (κ1) is 20.7. The van der Waals surface area contributed by atoms with Crippen molar-refractivity contribution in [3.63, 3.8) is 0 Å². The first-order chi connectivity index (χ1) is 14.0. The number of carbonyl (C=O) groups excluding carboxylic acids is 3. The molecule has 0 aromatic heterocycles. The van der Waals surface area contributed by atoms with E-state index in [1.54, 1.807) is 0 Å². The smallest absolute Gasteiger partial charge is 0.407 e. The summed E-state index contributed by atoms with van der Waals surface area (Å²) in [6, 6.07) is 14.9. The standard InChI is InChI=1S/C21H20ClNO6/c1-27-19(24)18(10-11-28-20(22)25)23-21(26)29-12-17-15-8-4-2-6-13(15)14-7-3-5-9-16(14)17/h2-9,17-18H,10-12H2,1H3,(H,23,26)/t18-/m0/s1. The lowest BCUT2D eigenvalue weighted by Gasteiger charge is -2.18. The average Bonchev–Trinajstić information content (AvgIpc) is 3.04. The highest BCUT2D eigenvalue weighted by atomic mass is 35.5. The molecule has 1 N–H and O–H groups in total. The summed E-state index contributed by atoms with van der Waals surface area (Å²) in [4.78, 5) is 34.8. The summed E-state index contributed by atoms with van der Waals surface area (Å²) in [5.41, 5.74) is 3.41. The van der Waals surface area contributed by atoms with Crippen molar-refractivity contribution in [2.75, 3.05) is 20.3 Å². The van der Waals surface area contributed by atoms with Gasteiger partial charge in [-0.15, -0.1) is 0 Å². The van der Waals surface area contributed by atoms with Crippen LogP contribution in [0.5, 0.6) is 0 Å². The number of hydrogen-bond acceptors (Lipinski definition) is 6. The number of esters is 1. The molecule has 0 heterocycles. The van der Waals surface area contributed by atoms with Crippen molar-refractivity contribution in [3.8, 4) is 11.1 Å². The van der Waals surface area contributed by atoms with E-state index in [4.69, 9.17) is 16.3 Å². The van der Waals surface area contributed by atoms with Gasteiger partial charge in [-0.05, 0) is 22.3 Å². The minimum atomic E-state index is -1.02. The molecule has 0 bridgehead atoms. The predicted octanol–water partition coefficient (Wildman–Crippen LogP) is 3.83. The second-order valence-electron chi connectivity index (χ2n) is 6.42. The van der Waals surface area contributed by atoms with Gasteiger partial charge in [-0.25, -0.2) is 14.4 Å². The first-order valence-electron chi connectivity index (χ1n) is 9.03. The molecule has 1 atom stereocenters. The van der Waals surface area contributed by atoms with Gasteiger partial charge in [0, 0.05) is 23.9 Å². The number of rotatable bonds is 7. The highest BCUT2D eigenvalue weighted by Crippen LogP contribution is 2.44. The summed E-state index contributed by atoms with van der Waals surface area (Å²) in [7, 11) is 1.20. The minimum Gasteiger partial charge on any atom is -0.467 e. The van der Waals surface area contributed by atoms with Crippen LogP contribution in [0, 0.1) is 0 Å². The molecule has 1 aliphatic rings. The zero-order valence-electron chi connectivity index (χ0n) is 15.7. The summed E-state index contributed by atoms with van der Waals surface area (Å²) >= 11 is 5.10. The summed E-state index contributed by atoms with van der Waals surface area (Å²) < 4.78 is 14.7. The van der Waals surface area contributed by atoms with Gasteiger partial charge >= 0.3 is 17.5 Å². The molecule has 3 rings (SSSR count). The number of fused-ring (bicyclic) bond motifs is 3. The second kappa shape index (κ2) is 9.43. The van der Waals surface area contributed by atoms with Crippen molar-refractivity contribution in [3.05, 3.63) is 59.7 Å². The maximum absolute atomic E-state index is 12.3. The monoisotopic (exact) mass is 417 g/mol. The number of nitrogens with one attached hydrogen (secondary N) is 1. The zero-order chi connectivity index (χ0) is 20.8. The van der Waals surface area contributed by atoms with Crippen LogP contribution in [0.1, 0.15) is 23.5 Å². The van der Waals surface area contributed by atoms with Crippen molar-refractivity contribution in [2.24, 2.45) is 0 Å². The van der Waals surface area contributed by atoms with Gasteiger partial charge in [-0.2, -0.15) is 0 Å². The van der Waals surface area contributed by atoms with Crippen LogP contribution in [0.15, 0.2) is 48.5 Å². The molecule has 0 saturated heterocycles. The Labute approximate surface area is 172 Å². The third kappa shape index (κ3) is 4.86. The van der Waals surface area contributed by atoms with Gasteiger partial charge in [0.05, 0.1) is 13.7 Å². The van der Waals surface area contributed by atoms with Crippen molar-refractivity contribution in [1.82, 2.24) is 5.32 Å². The molecular formula is C21H20ClNO6. The molecule has 29 heavy (non-hydrogen) atoms.